The molecule has 1 aliphatic carbocycles. The van der Waals surface area contributed by atoms with Gasteiger partial charge in [0.1, 0.15) is 0 Å². The summed E-state index contributed by atoms with van der Waals surface area (Å²) >= 11 is 0. The van der Waals surface area contributed by atoms with Crippen LogP contribution in [0.5, 0.6) is 0 Å². The van der Waals surface area contributed by atoms with Crippen molar-refractivity contribution in [1.29, 1.82) is 0 Å². The van der Waals surface area contributed by atoms with Crippen molar-refractivity contribution < 1.29 is 13.5 Å². The smallest absolute Gasteiger partial charge is 0.238 e. The monoisotopic (exact) mass is 247 g/mol. The molecule has 4 heteroatoms. The van der Waals surface area contributed by atoms with Crippen molar-refractivity contribution in [1.82, 2.24) is 4.90 Å². The zero-order valence-corrected chi connectivity index (χ0v) is 10.6. The molecule has 0 radical (unpaired) electrons. The standard InChI is InChI=1S/C13H23F2NO/c1-17-10-13(4-5-13)9-16-6-2-11(3-7-16)8-12(14)15/h11-12H,2-10H2,1H3. The molecule has 0 atom stereocenters. The minimum atomic E-state index is -2.13. The minimum Gasteiger partial charge on any atom is -0.384 e. The molecule has 2 rings (SSSR count). The van der Waals surface area contributed by atoms with Gasteiger partial charge in [-0.15, -0.1) is 0 Å². The third-order valence-electron chi connectivity index (χ3n) is 4.19. The summed E-state index contributed by atoms with van der Waals surface area (Å²) in [7, 11) is 1.76. The highest BCUT2D eigenvalue weighted by atomic mass is 19.3. The van der Waals surface area contributed by atoms with Gasteiger partial charge in [0.05, 0.1) is 6.61 Å². The van der Waals surface area contributed by atoms with Crippen LogP contribution >= 0.6 is 0 Å². The first-order chi connectivity index (χ1) is 8.13. The normalized spacial score (nSPS) is 25.4. The number of alkyl halides is 2. The Morgan fingerprint density at radius 2 is 1.94 bits per heavy atom. The van der Waals surface area contributed by atoms with Crippen molar-refractivity contribution in [2.24, 2.45) is 11.3 Å². The fraction of sp³-hybridized carbons (Fsp3) is 1.00. The largest absolute Gasteiger partial charge is 0.384 e. The van der Waals surface area contributed by atoms with E-state index in [1.165, 1.54) is 12.8 Å². The van der Waals surface area contributed by atoms with Crippen molar-refractivity contribution in [3.8, 4) is 0 Å². The molecule has 2 nitrogen and oxygen atoms in total. The highest BCUT2D eigenvalue weighted by molar-refractivity contribution is 4.96. The Morgan fingerprint density at radius 3 is 2.41 bits per heavy atom. The zero-order valence-electron chi connectivity index (χ0n) is 10.6. The molecular formula is C13H23F2NO. The molecule has 0 bridgehead atoms. The van der Waals surface area contributed by atoms with Crippen molar-refractivity contribution in [3.05, 3.63) is 0 Å². The van der Waals surface area contributed by atoms with Crippen LogP contribution in [0.15, 0.2) is 0 Å². The molecule has 0 spiro atoms. The highest BCUT2D eigenvalue weighted by Crippen LogP contribution is 2.46. The van der Waals surface area contributed by atoms with Crippen molar-refractivity contribution in [2.45, 2.75) is 38.5 Å². The molecule has 1 heterocycles. The van der Waals surface area contributed by atoms with E-state index >= 15 is 0 Å². The van der Waals surface area contributed by atoms with Gasteiger partial charge in [-0.1, -0.05) is 0 Å². The Kier molecular flexibility index (Phi) is 4.36. The van der Waals surface area contributed by atoms with Crippen LogP contribution < -0.4 is 0 Å². The van der Waals surface area contributed by atoms with Gasteiger partial charge in [-0.25, -0.2) is 8.78 Å². The van der Waals surface area contributed by atoms with Gasteiger partial charge < -0.3 is 9.64 Å². The summed E-state index contributed by atoms with van der Waals surface area (Å²) in [5, 5.41) is 0. The Hall–Kier alpha value is -0.220. The lowest BCUT2D eigenvalue weighted by molar-refractivity contribution is 0.0668. The van der Waals surface area contributed by atoms with Gasteiger partial charge >= 0.3 is 0 Å². The van der Waals surface area contributed by atoms with Gasteiger partial charge in [0, 0.05) is 25.5 Å². The maximum Gasteiger partial charge on any atom is 0.238 e. The van der Waals surface area contributed by atoms with Gasteiger partial charge in [-0.3, -0.25) is 0 Å². The van der Waals surface area contributed by atoms with Crippen LogP contribution in [0.1, 0.15) is 32.1 Å². The van der Waals surface area contributed by atoms with Gasteiger partial charge in [-0.2, -0.15) is 0 Å². The lowest BCUT2D eigenvalue weighted by Gasteiger charge is -2.34. The summed E-state index contributed by atoms with van der Waals surface area (Å²) in [6.07, 6.45) is 2.36. The van der Waals surface area contributed by atoms with E-state index in [1.807, 2.05) is 0 Å². The van der Waals surface area contributed by atoms with Gasteiger partial charge in [-0.05, 0) is 44.7 Å². The number of halogens is 2. The van der Waals surface area contributed by atoms with Crippen LogP contribution in [0.2, 0.25) is 0 Å². The van der Waals surface area contributed by atoms with Crippen LogP contribution in [0.4, 0.5) is 8.78 Å². The summed E-state index contributed by atoms with van der Waals surface area (Å²) < 4.78 is 29.8. The molecule has 2 aliphatic rings. The van der Waals surface area contributed by atoms with E-state index in [2.05, 4.69) is 4.90 Å². The molecule has 1 aliphatic heterocycles. The van der Waals surface area contributed by atoms with Crippen molar-refractivity contribution >= 4 is 0 Å². The van der Waals surface area contributed by atoms with E-state index in [0.717, 1.165) is 39.1 Å². The Labute approximate surface area is 102 Å². The number of hydrogen-bond donors (Lipinski definition) is 0. The molecule has 100 valence electrons. The summed E-state index contributed by atoms with van der Waals surface area (Å²) in [5.41, 5.74) is 0.393. The average molecular weight is 247 g/mol. The molecule has 17 heavy (non-hydrogen) atoms. The maximum atomic E-state index is 12.3. The molecule has 1 saturated heterocycles. The Bertz CT molecular complexity index is 236. The second-order valence-corrected chi connectivity index (χ2v) is 5.78. The van der Waals surface area contributed by atoms with Crippen LogP contribution in [-0.2, 0) is 4.74 Å². The van der Waals surface area contributed by atoms with Crippen LogP contribution in [0.3, 0.4) is 0 Å². The Morgan fingerprint density at radius 1 is 1.29 bits per heavy atom. The first-order valence-electron chi connectivity index (χ1n) is 6.63. The van der Waals surface area contributed by atoms with Crippen molar-refractivity contribution in [3.63, 3.8) is 0 Å². The Balaban J connectivity index is 1.69. The number of likely N-dealkylation sites (tertiary alicyclic amines) is 1. The summed E-state index contributed by atoms with van der Waals surface area (Å²) in [5.74, 6) is 0.240. The predicted molar refractivity (Wildman–Crippen MR) is 63.3 cm³/mol. The summed E-state index contributed by atoms with van der Waals surface area (Å²) in [4.78, 5) is 2.44. The summed E-state index contributed by atoms with van der Waals surface area (Å²) in [6.45, 7) is 3.93. The van der Waals surface area contributed by atoms with E-state index in [1.54, 1.807) is 7.11 Å². The number of nitrogens with zero attached hydrogens (tertiary/aromatic N) is 1. The van der Waals surface area contributed by atoms with Crippen LogP contribution in [-0.4, -0.2) is 44.7 Å². The summed E-state index contributed by atoms with van der Waals surface area (Å²) in [6, 6.07) is 0. The van der Waals surface area contributed by atoms with E-state index in [4.69, 9.17) is 4.74 Å². The molecule has 2 fully saturated rings. The maximum absolute atomic E-state index is 12.3. The van der Waals surface area contributed by atoms with Crippen LogP contribution in [0, 0.1) is 11.3 Å². The second-order valence-electron chi connectivity index (χ2n) is 5.78. The van der Waals surface area contributed by atoms with Crippen molar-refractivity contribution in [2.75, 3.05) is 33.4 Å². The van der Waals surface area contributed by atoms with E-state index in [9.17, 15) is 8.78 Å². The average Bonchev–Trinajstić information content (AvgIpc) is 3.01. The molecule has 0 N–H and O–H groups in total. The fourth-order valence-corrected chi connectivity index (χ4v) is 2.94. The quantitative estimate of drug-likeness (QED) is 0.715. The molecule has 0 aromatic rings. The number of methoxy groups -OCH3 is 1. The molecule has 0 aromatic carbocycles. The topological polar surface area (TPSA) is 12.5 Å². The molecule has 1 saturated carbocycles. The zero-order chi connectivity index (χ0) is 12.3. The molecule has 0 unspecified atom stereocenters. The molecular weight excluding hydrogens is 224 g/mol. The van der Waals surface area contributed by atoms with Crippen LogP contribution in [0.25, 0.3) is 0 Å². The van der Waals surface area contributed by atoms with Gasteiger partial charge in [0.25, 0.3) is 0 Å². The van der Waals surface area contributed by atoms with E-state index in [0.29, 0.717) is 5.41 Å². The fourth-order valence-electron chi connectivity index (χ4n) is 2.94. The highest BCUT2D eigenvalue weighted by Gasteiger charge is 2.44. The second kappa shape index (κ2) is 5.61. The third kappa shape index (κ3) is 3.88. The molecule has 0 amide bonds. The lowest BCUT2D eigenvalue weighted by atomic mass is 9.93. The molecule has 0 aromatic heterocycles. The predicted octanol–water partition coefficient (Wildman–Crippen LogP) is 2.78. The van der Waals surface area contributed by atoms with E-state index < -0.39 is 6.43 Å². The number of hydrogen-bond acceptors (Lipinski definition) is 2. The van der Waals surface area contributed by atoms with Gasteiger partial charge in [0.15, 0.2) is 0 Å². The van der Waals surface area contributed by atoms with E-state index in [-0.39, 0.29) is 12.3 Å². The lowest BCUT2D eigenvalue weighted by Crippen LogP contribution is -2.39. The third-order valence-corrected chi connectivity index (χ3v) is 4.19. The SMILES string of the molecule is COCC1(CN2CCC(CC(F)F)CC2)CC1. The first kappa shape index (κ1) is 13.2. The number of ether oxygens (including phenoxy) is 1. The first-order valence-corrected chi connectivity index (χ1v) is 6.63. The number of rotatable bonds is 6. The number of piperidine rings is 1. The minimum absolute atomic E-state index is 0.0943. The van der Waals surface area contributed by atoms with Gasteiger partial charge in [0.2, 0.25) is 6.43 Å².